The number of rotatable bonds is 4. The first-order valence-electron chi connectivity index (χ1n) is 6.39. The van der Waals surface area contributed by atoms with Gasteiger partial charge >= 0.3 is 12.0 Å². The number of nitrogens with one attached hydrogen (secondary N) is 1. The van der Waals surface area contributed by atoms with Crippen molar-refractivity contribution in [3.63, 3.8) is 0 Å². The molecule has 0 aromatic rings. The van der Waals surface area contributed by atoms with Crippen LogP contribution in [0.25, 0.3) is 0 Å². The molecule has 1 unspecified atom stereocenters. The summed E-state index contributed by atoms with van der Waals surface area (Å²) in [5, 5.41) is 12.1. The number of amides is 2. The normalized spacial score (nSPS) is 22.1. The van der Waals surface area contributed by atoms with Crippen LogP contribution < -0.4 is 5.32 Å². The van der Waals surface area contributed by atoms with Gasteiger partial charge in [0.15, 0.2) is 0 Å². The van der Waals surface area contributed by atoms with E-state index in [1.54, 1.807) is 11.8 Å². The van der Waals surface area contributed by atoms with Crippen molar-refractivity contribution in [2.75, 3.05) is 19.3 Å². The zero-order valence-electron chi connectivity index (χ0n) is 11.0. The van der Waals surface area contributed by atoms with Crippen molar-refractivity contribution in [2.45, 2.75) is 43.9 Å². The van der Waals surface area contributed by atoms with Gasteiger partial charge in [0, 0.05) is 18.3 Å². The summed E-state index contributed by atoms with van der Waals surface area (Å²) in [6, 6.07) is -1.02. The fraction of sp³-hybridized carbons (Fsp3) is 0.833. The van der Waals surface area contributed by atoms with Crippen molar-refractivity contribution in [3.05, 3.63) is 0 Å². The summed E-state index contributed by atoms with van der Waals surface area (Å²) >= 11 is 1.84. The minimum Gasteiger partial charge on any atom is -0.480 e. The van der Waals surface area contributed by atoms with Gasteiger partial charge in [-0.2, -0.15) is 11.8 Å². The summed E-state index contributed by atoms with van der Waals surface area (Å²) in [6.07, 6.45) is 5.60. The number of hydrogen-bond acceptors (Lipinski definition) is 3. The Morgan fingerprint density at radius 1 is 1.44 bits per heavy atom. The fourth-order valence-corrected chi connectivity index (χ4v) is 2.83. The highest BCUT2D eigenvalue weighted by Gasteiger charge is 2.23. The minimum absolute atomic E-state index is 0.244. The van der Waals surface area contributed by atoms with Crippen molar-refractivity contribution in [2.24, 2.45) is 0 Å². The van der Waals surface area contributed by atoms with Crippen LogP contribution in [0, 0.1) is 0 Å². The van der Waals surface area contributed by atoms with Crippen LogP contribution in [-0.2, 0) is 4.79 Å². The standard InChI is InChI=1S/C12H22N2O3S/c1-3-10(11(15)16)13-12(17)14-7-4-5-9(18-2)6-8-14/h9-10H,3-8H2,1-2H3,(H,13,17)(H,15,16)/t9?,10-/m0/s1. The van der Waals surface area contributed by atoms with E-state index in [1.807, 2.05) is 11.8 Å². The van der Waals surface area contributed by atoms with Crippen molar-refractivity contribution in [1.82, 2.24) is 10.2 Å². The van der Waals surface area contributed by atoms with E-state index in [0.29, 0.717) is 18.2 Å². The SMILES string of the molecule is CC[C@H](NC(=O)N1CCCC(SC)CC1)C(=O)O. The maximum absolute atomic E-state index is 12.0. The third-order valence-electron chi connectivity index (χ3n) is 3.30. The van der Waals surface area contributed by atoms with Gasteiger partial charge in [-0.1, -0.05) is 6.92 Å². The second-order valence-corrected chi connectivity index (χ2v) is 5.66. The average molecular weight is 274 g/mol. The molecule has 1 aliphatic heterocycles. The number of urea groups is 1. The van der Waals surface area contributed by atoms with Gasteiger partial charge in [0.25, 0.3) is 0 Å². The van der Waals surface area contributed by atoms with E-state index in [4.69, 9.17) is 5.11 Å². The number of nitrogens with zero attached hydrogens (tertiary/aromatic N) is 1. The molecule has 0 aromatic carbocycles. The lowest BCUT2D eigenvalue weighted by Crippen LogP contribution is -2.48. The Morgan fingerprint density at radius 3 is 2.72 bits per heavy atom. The molecule has 0 spiro atoms. The Balaban J connectivity index is 2.48. The highest BCUT2D eigenvalue weighted by atomic mass is 32.2. The van der Waals surface area contributed by atoms with Gasteiger partial charge < -0.3 is 15.3 Å². The van der Waals surface area contributed by atoms with Gasteiger partial charge in [-0.15, -0.1) is 0 Å². The largest absolute Gasteiger partial charge is 0.480 e. The smallest absolute Gasteiger partial charge is 0.326 e. The van der Waals surface area contributed by atoms with E-state index >= 15 is 0 Å². The minimum atomic E-state index is -0.970. The molecule has 0 aliphatic carbocycles. The van der Waals surface area contributed by atoms with E-state index in [0.717, 1.165) is 25.8 Å². The topological polar surface area (TPSA) is 69.6 Å². The molecule has 2 amide bonds. The highest BCUT2D eigenvalue weighted by molar-refractivity contribution is 7.99. The second-order valence-electron chi connectivity index (χ2n) is 4.52. The molecular weight excluding hydrogens is 252 g/mol. The molecule has 2 N–H and O–H groups in total. The first kappa shape index (κ1) is 15.1. The first-order valence-corrected chi connectivity index (χ1v) is 7.68. The number of carbonyl (C=O) groups excluding carboxylic acids is 1. The van der Waals surface area contributed by atoms with Gasteiger partial charge in [0.1, 0.15) is 6.04 Å². The maximum Gasteiger partial charge on any atom is 0.326 e. The number of hydrogen-bond donors (Lipinski definition) is 2. The fourth-order valence-electron chi connectivity index (χ4n) is 2.08. The molecule has 1 aliphatic rings. The van der Waals surface area contributed by atoms with Crippen molar-refractivity contribution in [1.29, 1.82) is 0 Å². The molecule has 5 nitrogen and oxygen atoms in total. The Kier molecular flexibility index (Phi) is 6.32. The second kappa shape index (κ2) is 7.51. The van der Waals surface area contributed by atoms with Crippen LogP contribution in [0.5, 0.6) is 0 Å². The molecule has 1 heterocycles. The molecule has 1 rings (SSSR count). The lowest BCUT2D eigenvalue weighted by molar-refractivity contribution is -0.139. The summed E-state index contributed by atoms with van der Waals surface area (Å²) in [4.78, 5) is 24.6. The van der Waals surface area contributed by atoms with E-state index in [1.165, 1.54) is 0 Å². The number of carboxylic acid groups (broad SMARTS) is 1. The third-order valence-corrected chi connectivity index (χ3v) is 4.44. The lowest BCUT2D eigenvalue weighted by atomic mass is 10.2. The first-order chi connectivity index (χ1) is 8.58. The van der Waals surface area contributed by atoms with Crippen molar-refractivity contribution < 1.29 is 14.7 Å². The molecule has 6 heteroatoms. The molecule has 2 atom stereocenters. The van der Waals surface area contributed by atoms with E-state index in [-0.39, 0.29) is 6.03 Å². The number of carboxylic acids is 1. The Morgan fingerprint density at radius 2 is 2.17 bits per heavy atom. The van der Waals surface area contributed by atoms with Crippen LogP contribution in [0.1, 0.15) is 32.6 Å². The van der Waals surface area contributed by atoms with E-state index < -0.39 is 12.0 Å². The molecule has 1 saturated heterocycles. The third kappa shape index (κ3) is 4.40. The van der Waals surface area contributed by atoms with Crippen LogP contribution in [0.2, 0.25) is 0 Å². The lowest BCUT2D eigenvalue weighted by Gasteiger charge is -2.23. The summed E-state index contributed by atoms with van der Waals surface area (Å²) in [7, 11) is 0. The monoisotopic (exact) mass is 274 g/mol. The molecule has 0 radical (unpaired) electrons. The Labute approximate surface area is 112 Å². The number of likely N-dealkylation sites (tertiary alicyclic amines) is 1. The van der Waals surface area contributed by atoms with Crippen LogP contribution in [0.3, 0.4) is 0 Å². The molecule has 104 valence electrons. The zero-order valence-corrected chi connectivity index (χ0v) is 11.8. The molecule has 18 heavy (non-hydrogen) atoms. The van der Waals surface area contributed by atoms with Gasteiger partial charge in [-0.25, -0.2) is 9.59 Å². The summed E-state index contributed by atoms with van der Waals surface area (Å²) < 4.78 is 0. The van der Waals surface area contributed by atoms with Gasteiger partial charge in [-0.05, 0) is 31.9 Å². The number of aliphatic carboxylic acids is 1. The zero-order chi connectivity index (χ0) is 13.5. The molecular formula is C12H22N2O3S. The van der Waals surface area contributed by atoms with Crippen molar-refractivity contribution in [3.8, 4) is 0 Å². The average Bonchev–Trinajstić information content (AvgIpc) is 2.60. The highest BCUT2D eigenvalue weighted by Crippen LogP contribution is 2.21. The molecule has 0 aromatic heterocycles. The quantitative estimate of drug-likeness (QED) is 0.820. The number of carbonyl (C=O) groups is 2. The van der Waals surface area contributed by atoms with Crippen LogP contribution >= 0.6 is 11.8 Å². The van der Waals surface area contributed by atoms with Crippen LogP contribution in [0.4, 0.5) is 4.79 Å². The molecule has 1 fully saturated rings. The predicted molar refractivity (Wildman–Crippen MR) is 73.0 cm³/mol. The van der Waals surface area contributed by atoms with E-state index in [9.17, 15) is 9.59 Å². The maximum atomic E-state index is 12.0. The molecule has 0 saturated carbocycles. The van der Waals surface area contributed by atoms with Crippen LogP contribution in [0.15, 0.2) is 0 Å². The van der Waals surface area contributed by atoms with E-state index in [2.05, 4.69) is 11.6 Å². The van der Waals surface area contributed by atoms with Gasteiger partial charge in [0.05, 0.1) is 0 Å². The predicted octanol–water partition coefficient (Wildman–Crippen LogP) is 1.78. The summed E-state index contributed by atoms with van der Waals surface area (Å²) in [5.41, 5.74) is 0. The van der Waals surface area contributed by atoms with Crippen LogP contribution in [-0.4, -0.2) is 52.6 Å². The Hall–Kier alpha value is -0.910. The number of thioether (sulfide) groups is 1. The van der Waals surface area contributed by atoms with Gasteiger partial charge in [-0.3, -0.25) is 0 Å². The molecule has 0 bridgehead atoms. The summed E-state index contributed by atoms with van der Waals surface area (Å²) in [6.45, 7) is 3.19. The Bertz CT molecular complexity index is 299. The van der Waals surface area contributed by atoms with Crippen molar-refractivity contribution >= 4 is 23.8 Å². The van der Waals surface area contributed by atoms with Gasteiger partial charge in [0.2, 0.25) is 0 Å². The summed E-state index contributed by atoms with van der Waals surface area (Å²) in [5.74, 6) is -0.970.